The Labute approximate surface area is 122 Å². The van der Waals surface area contributed by atoms with Crippen LogP contribution in [0.15, 0.2) is 22.7 Å². The van der Waals surface area contributed by atoms with Crippen LogP contribution in [0.25, 0.3) is 11.3 Å². The second-order valence-corrected chi connectivity index (χ2v) is 5.13. The number of hydrogen-bond acceptors (Lipinski definition) is 4. The maximum absolute atomic E-state index is 10.9. The number of carbonyl (C=O) groups is 1. The first kappa shape index (κ1) is 13.0. The molecule has 0 saturated carbocycles. The van der Waals surface area contributed by atoms with Crippen LogP contribution in [-0.4, -0.2) is 34.5 Å². The van der Waals surface area contributed by atoms with Crippen LogP contribution in [0.2, 0.25) is 0 Å². The largest absolute Gasteiger partial charge is 0.490 e. The van der Waals surface area contributed by atoms with Crippen LogP contribution in [0.1, 0.15) is 16.9 Å². The number of benzene rings is 1. The molecule has 0 fully saturated rings. The van der Waals surface area contributed by atoms with Crippen molar-refractivity contribution in [2.75, 3.05) is 13.2 Å². The number of halogens is 1. The molecule has 1 aromatic heterocycles. The average molecular weight is 339 g/mol. The molecule has 3 rings (SSSR count). The zero-order valence-corrected chi connectivity index (χ0v) is 11.9. The maximum atomic E-state index is 10.9. The van der Waals surface area contributed by atoms with E-state index in [2.05, 4.69) is 26.1 Å². The fraction of sp³-hybridized carbons (Fsp3) is 0.231. The Morgan fingerprint density at radius 3 is 2.90 bits per heavy atom. The summed E-state index contributed by atoms with van der Waals surface area (Å²) in [6, 6.07) is 5.12. The minimum absolute atomic E-state index is 0.0269. The molecule has 2 heterocycles. The number of H-pyrrole nitrogens is 1. The minimum atomic E-state index is -1.06. The fourth-order valence-electron chi connectivity index (χ4n) is 2.01. The lowest BCUT2D eigenvalue weighted by Crippen LogP contribution is -1.98. The van der Waals surface area contributed by atoms with Crippen LogP contribution < -0.4 is 9.47 Å². The Hall–Kier alpha value is -2.02. The summed E-state index contributed by atoms with van der Waals surface area (Å²) in [6.07, 6.45) is 0.798. The zero-order chi connectivity index (χ0) is 14.1. The smallest absolute Gasteiger partial charge is 0.353 e. The lowest BCUT2D eigenvalue weighted by Gasteiger charge is -2.12. The Morgan fingerprint density at radius 1 is 1.35 bits per heavy atom. The van der Waals surface area contributed by atoms with Gasteiger partial charge in [0.1, 0.15) is 5.69 Å². The van der Waals surface area contributed by atoms with Crippen molar-refractivity contribution in [3.05, 3.63) is 28.4 Å². The monoisotopic (exact) mass is 338 g/mol. The van der Waals surface area contributed by atoms with E-state index in [9.17, 15) is 4.79 Å². The van der Waals surface area contributed by atoms with Gasteiger partial charge in [-0.2, -0.15) is 5.10 Å². The Kier molecular flexibility index (Phi) is 3.35. The van der Waals surface area contributed by atoms with E-state index in [0.29, 0.717) is 36.0 Å². The van der Waals surface area contributed by atoms with E-state index in [-0.39, 0.29) is 5.69 Å². The first-order valence-corrected chi connectivity index (χ1v) is 6.83. The lowest BCUT2D eigenvalue weighted by atomic mass is 10.1. The van der Waals surface area contributed by atoms with E-state index in [1.54, 1.807) is 0 Å². The summed E-state index contributed by atoms with van der Waals surface area (Å²) in [5, 5.41) is 15.5. The number of ether oxygens (including phenoxy) is 2. The number of fused-ring (bicyclic) bond motifs is 1. The summed E-state index contributed by atoms with van der Waals surface area (Å²) in [6.45, 7) is 1.14. The molecule has 0 spiro atoms. The molecule has 1 aliphatic rings. The fourth-order valence-corrected chi connectivity index (χ4v) is 2.53. The third kappa shape index (κ3) is 2.24. The number of nitrogens with zero attached hydrogens (tertiary/aromatic N) is 1. The molecule has 2 aromatic rings. The van der Waals surface area contributed by atoms with Gasteiger partial charge in [-0.3, -0.25) is 5.10 Å². The highest BCUT2D eigenvalue weighted by molar-refractivity contribution is 9.10. The molecule has 0 bridgehead atoms. The van der Waals surface area contributed by atoms with Crippen molar-refractivity contribution in [1.29, 1.82) is 0 Å². The number of aromatic nitrogens is 2. The quantitative estimate of drug-likeness (QED) is 0.879. The molecule has 104 valence electrons. The molecule has 2 N–H and O–H groups in total. The summed E-state index contributed by atoms with van der Waals surface area (Å²) in [5.41, 5.74) is 1.21. The average Bonchev–Trinajstić information content (AvgIpc) is 2.78. The van der Waals surface area contributed by atoms with Gasteiger partial charge < -0.3 is 14.6 Å². The first-order chi connectivity index (χ1) is 9.66. The molecule has 7 heteroatoms. The minimum Gasteiger partial charge on any atom is -0.490 e. The molecule has 0 atom stereocenters. The van der Waals surface area contributed by atoms with Crippen LogP contribution in [0.5, 0.6) is 11.5 Å². The summed E-state index contributed by atoms with van der Waals surface area (Å²) in [5.74, 6) is 0.167. The van der Waals surface area contributed by atoms with E-state index in [1.165, 1.54) is 6.07 Å². The van der Waals surface area contributed by atoms with Gasteiger partial charge in [0.2, 0.25) is 0 Å². The molecule has 0 radical (unpaired) electrons. The van der Waals surface area contributed by atoms with Crippen LogP contribution in [-0.2, 0) is 0 Å². The SMILES string of the molecule is O=C(O)c1cc(-c2c(Br)ccc3c2OCCCO3)n[nH]1. The van der Waals surface area contributed by atoms with Gasteiger partial charge in [0.15, 0.2) is 11.5 Å². The molecular formula is C13H11BrN2O4. The van der Waals surface area contributed by atoms with E-state index in [0.717, 1.165) is 10.9 Å². The molecule has 1 aromatic carbocycles. The van der Waals surface area contributed by atoms with E-state index < -0.39 is 5.97 Å². The maximum Gasteiger partial charge on any atom is 0.353 e. The summed E-state index contributed by atoms with van der Waals surface area (Å²) >= 11 is 3.45. The topological polar surface area (TPSA) is 84.4 Å². The molecule has 0 unspecified atom stereocenters. The van der Waals surface area contributed by atoms with Gasteiger partial charge in [-0.1, -0.05) is 0 Å². The highest BCUT2D eigenvalue weighted by Crippen LogP contribution is 2.43. The third-order valence-corrected chi connectivity index (χ3v) is 3.59. The predicted octanol–water partition coefficient (Wildman–Crippen LogP) is 2.70. The van der Waals surface area contributed by atoms with Crippen molar-refractivity contribution in [1.82, 2.24) is 10.2 Å². The number of nitrogens with one attached hydrogen (secondary N) is 1. The first-order valence-electron chi connectivity index (χ1n) is 6.04. The normalized spacial score (nSPS) is 13.8. The van der Waals surface area contributed by atoms with Gasteiger partial charge in [-0.25, -0.2) is 4.79 Å². The second-order valence-electron chi connectivity index (χ2n) is 4.27. The van der Waals surface area contributed by atoms with Crippen molar-refractivity contribution in [2.24, 2.45) is 0 Å². The van der Waals surface area contributed by atoms with Crippen molar-refractivity contribution < 1.29 is 19.4 Å². The molecule has 1 aliphatic heterocycles. The van der Waals surface area contributed by atoms with Crippen molar-refractivity contribution in [3.63, 3.8) is 0 Å². The molecule has 0 amide bonds. The number of aromatic amines is 1. The van der Waals surface area contributed by atoms with Gasteiger partial charge in [-0.05, 0) is 34.1 Å². The molecule has 0 saturated heterocycles. The molecular weight excluding hydrogens is 328 g/mol. The summed E-state index contributed by atoms with van der Waals surface area (Å²) < 4.78 is 12.1. The molecule has 6 nitrogen and oxygen atoms in total. The van der Waals surface area contributed by atoms with Crippen LogP contribution in [0, 0.1) is 0 Å². The summed E-state index contributed by atoms with van der Waals surface area (Å²) in [4.78, 5) is 10.9. The summed E-state index contributed by atoms with van der Waals surface area (Å²) in [7, 11) is 0. The van der Waals surface area contributed by atoms with Crippen LogP contribution in [0.4, 0.5) is 0 Å². The predicted molar refractivity (Wildman–Crippen MR) is 74.3 cm³/mol. The van der Waals surface area contributed by atoms with E-state index in [4.69, 9.17) is 14.6 Å². The van der Waals surface area contributed by atoms with Gasteiger partial charge in [0.25, 0.3) is 0 Å². The van der Waals surface area contributed by atoms with Crippen LogP contribution in [0.3, 0.4) is 0 Å². The second kappa shape index (κ2) is 5.16. The number of carboxylic acids is 1. The zero-order valence-electron chi connectivity index (χ0n) is 10.4. The molecule has 0 aliphatic carbocycles. The number of aromatic carboxylic acids is 1. The van der Waals surface area contributed by atoms with E-state index >= 15 is 0 Å². The van der Waals surface area contributed by atoms with Crippen molar-refractivity contribution in [2.45, 2.75) is 6.42 Å². The highest BCUT2D eigenvalue weighted by Gasteiger charge is 2.21. The lowest BCUT2D eigenvalue weighted by molar-refractivity contribution is 0.0690. The Morgan fingerprint density at radius 2 is 2.15 bits per heavy atom. The standard InChI is InChI=1S/C13H11BrN2O4/c14-7-2-3-10-12(20-5-1-4-19-10)11(7)8-6-9(13(17)18)16-15-8/h2-3,6H,1,4-5H2,(H,15,16)(H,17,18). The Balaban J connectivity index is 2.14. The van der Waals surface area contributed by atoms with Gasteiger partial charge in [0.05, 0.1) is 24.5 Å². The number of hydrogen-bond donors (Lipinski definition) is 2. The highest BCUT2D eigenvalue weighted by atomic mass is 79.9. The van der Waals surface area contributed by atoms with E-state index in [1.807, 2.05) is 12.1 Å². The van der Waals surface area contributed by atoms with Gasteiger partial charge in [-0.15, -0.1) is 0 Å². The van der Waals surface area contributed by atoms with Crippen molar-refractivity contribution >= 4 is 21.9 Å². The van der Waals surface area contributed by atoms with Gasteiger partial charge in [0, 0.05) is 10.9 Å². The number of carboxylic acid groups (broad SMARTS) is 1. The molecule has 20 heavy (non-hydrogen) atoms. The van der Waals surface area contributed by atoms with Crippen molar-refractivity contribution in [3.8, 4) is 22.8 Å². The third-order valence-electron chi connectivity index (χ3n) is 2.93. The number of rotatable bonds is 2. The Bertz CT molecular complexity index is 668. The van der Waals surface area contributed by atoms with Gasteiger partial charge >= 0.3 is 5.97 Å². The van der Waals surface area contributed by atoms with Crippen LogP contribution >= 0.6 is 15.9 Å².